The highest BCUT2D eigenvalue weighted by molar-refractivity contribution is 5.86. The number of nitrogens with zero attached hydrogens (tertiary/aromatic N) is 7. The first kappa shape index (κ1) is 24.4. The highest BCUT2D eigenvalue weighted by atomic mass is 15.3. The molecule has 37 heavy (non-hydrogen) atoms. The lowest BCUT2D eigenvalue weighted by Gasteiger charge is -2.34. The number of aromatic nitrogens is 5. The average Bonchev–Trinajstić information content (AvgIpc) is 3.61. The van der Waals surface area contributed by atoms with Gasteiger partial charge < -0.3 is 30.7 Å². The molecule has 3 aliphatic rings. The normalized spacial score (nSPS) is 23.6. The van der Waals surface area contributed by atoms with Crippen molar-refractivity contribution in [2.45, 2.75) is 76.4 Å². The van der Waals surface area contributed by atoms with Crippen molar-refractivity contribution < 1.29 is 0 Å². The van der Waals surface area contributed by atoms with Gasteiger partial charge in [0.2, 0.25) is 5.95 Å². The van der Waals surface area contributed by atoms with Gasteiger partial charge in [-0.2, -0.15) is 9.97 Å². The molecule has 10 nitrogen and oxygen atoms in total. The summed E-state index contributed by atoms with van der Waals surface area (Å²) in [6, 6.07) is 5.31. The van der Waals surface area contributed by atoms with Crippen molar-refractivity contribution in [3.8, 4) is 0 Å². The summed E-state index contributed by atoms with van der Waals surface area (Å²) in [7, 11) is 0. The third kappa shape index (κ3) is 5.36. The number of nitrogens with one attached hydrogen (secondary N) is 2. The van der Waals surface area contributed by atoms with Crippen molar-refractivity contribution in [1.29, 1.82) is 0 Å². The van der Waals surface area contributed by atoms with E-state index >= 15 is 0 Å². The van der Waals surface area contributed by atoms with Gasteiger partial charge in [0, 0.05) is 44.3 Å². The average molecular weight is 505 g/mol. The molecule has 0 atom stereocenters. The Labute approximate surface area is 219 Å². The van der Waals surface area contributed by atoms with Crippen molar-refractivity contribution in [2.24, 2.45) is 5.73 Å². The molecule has 3 aromatic rings. The lowest BCUT2D eigenvalue weighted by molar-refractivity contribution is 0.270. The van der Waals surface area contributed by atoms with Crippen molar-refractivity contribution >= 4 is 34.4 Å². The maximum atomic E-state index is 6.13. The van der Waals surface area contributed by atoms with E-state index in [1.165, 1.54) is 25.7 Å². The molecule has 198 valence electrons. The summed E-state index contributed by atoms with van der Waals surface area (Å²) in [5.74, 6) is 2.41. The van der Waals surface area contributed by atoms with Crippen molar-refractivity contribution in [1.82, 2.24) is 29.4 Å². The van der Waals surface area contributed by atoms with Crippen LogP contribution in [0.25, 0.3) is 11.2 Å². The van der Waals surface area contributed by atoms with Crippen molar-refractivity contribution in [2.75, 3.05) is 48.3 Å². The van der Waals surface area contributed by atoms with E-state index in [4.69, 9.17) is 25.7 Å². The second-order valence-corrected chi connectivity index (χ2v) is 10.9. The third-order valence-corrected chi connectivity index (χ3v) is 8.40. The van der Waals surface area contributed by atoms with E-state index in [1.54, 1.807) is 0 Å². The number of piperazine rings is 1. The second kappa shape index (κ2) is 10.8. The van der Waals surface area contributed by atoms with Crippen LogP contribution in [0.15, 0.2) is 24.7 Å². The molecule has 0 radical (unpaired) electrons. The van der Waals surface area contributed by atoms with E-state index in [-0.39, 0.29) is 0 Å². The molecule has 1 aliphatic heterocycles. The van der Waals surface area contributed by atoms with Crippen LogP contribution in [0.3, 0.4) is 0 Å². The van der Waals surface area contributed by atoms with Gasteiger partial charge in [-0.15, -0.1) is 0 Å². The van der Waals surface area contributed by atoms with Crippen LogP contribution in [-0.2, 0) is 0 Å². The molecule has 3 aromatic heterocycles. The second-order valence-electron chi connectivity index (χ2n) is 10.9. The summed E-state index contributed by atoms with van der Waals surface area (Å²) < 4.78 is 2.26. The first-order valence-electron chi connectivity index (χ1n) is 14.1. The molecular weight excluding hydrogens is 464 g/mol. The maximum absolute atomic E-state index is 6.13. The first-order chi connectivity index (χ1) is 18.2. The van der Waals surface area contributed by atoms with Crippen LogP contribution in [0.5, 0.6) is 0 Å². The Morgan fingerprint density at radius 3 is 2.43 bits per heavy atom. The van der Waals surface area contributed by atoms with Crippen molar-refractivity contribution in [3.63, 3.8) is 0 Å². The maximum Gasteiger partial charge on any atom is 0.227 e. The van der Waals surface area contributed by atoms with Crippen LogP contribution in [0, 0.1) is 0 Å². The van der Waals surface area contributed by atoms with E-state index in [1.807, 2.05) is 12.5 Å². The van der Waals surface area contributed by atoms with E-state index < -0.39 is 0 Å². The van der Waals surface area contributed by atoms with E-state index in [0.29, 0.717) is 24.1 Å². The number of hydrogen-bond acceptors (Lipinski definition) is 9. The van der Waals surface area contributed by atoms with Crippen LogP contribution in [0.1, 0.15) is 64.3 Å². The quantitative estimate of drug-likeness (QED) is 0.441. The molecule has 0 spiro atoms. The number of anilines is 4. The van der Waals surface area contributed by atoms with Crippen LogP contribution >= 0.6 is 0 Å². The lowest BCUT2D eigenvalue weighted by atomic mass is 9.92. The molecule has 4 N–H and O–H groups in total. The predicted molar refractivity (Wildman–Crippen MR) is 149 cm³/mol. The van der Waals surface area contributed by atoms with Gasteiger partial charge in [-0.3, -0.25) is 0 Å². The number of fused-ring (bicyclic) bond motifs is 1. The summed E-state index contributed by atoms with van der Waals surface area (Å²) in [6.07, 6.45) is 12.9. The van der Waals surface area contributed by atoms with Gasteiger partial charge in [0.25, 0.3) is 0 Å². The molecule has 0 unspecified atom stereocenters. The molecule has 2 saturated carbocycles. The predicted octanol–water partition coefficient (Wildman–Crippen LogP) is 3.90. The Hall–Kier alpha value is -2.98. The van der Waals surface area contributed by atoms with Gasteiger partial charge in [0.1, 0.15) is 5.82 Å². The highest BCUT2D eigenvalue weighted by Crippen LogP contribution is 2.34. The minimum atomic E-state index is 0.313. The standard InChI is InChI=1S/C27H40N10/c1-2-35-13-15-36(16-14-35)23-12-11-21(17-29-23)31-25-24-26(37(18-30-24)22-5-3-4-6-22)34-27(33-25)32-20-9-7-19(28)8-10-20/h11-12,17-20,22H,2-10,13-16,28H2,1H3,(H2,31,32,33,34). The monoisotopic (exact) mass is 504 g/mol. The molecule has 4 heterocycles. The number of rotatable bonds is 7. The number of pyridine rings is 1. The largest absolute Gasteiger partial charge is 0.354 e. The van der Waals surface area contributed by atoms with E-state index in [0.717, 1.165) is 86.9 Å². The lowest BCUT2D eigenvalue weighted by Crippen LogP contribution is -2.46. The Balaban J connectivity index is 1.25. The first-order valence-corrected chi connectivity index (χ1v) is 14.1. The molecule has 10 heteroatoms. The zero-order valence-corrected chi connectivity index (χ0v) is 21.9. The van der Waals surface area contributed by atoms with Crippen LogP contribution in [-0.4, -0.2) is 74.2 Å². The SMILES string of the molecule is CCN1CCN(c2ccc(Nc3nc(NC4CCC(N)CC4)nc4c3ncn4C3CCCC3)cn2)CC1. The van der Waals surface area contributed by atoms with Crippen LogP contribution in [0.2, 0.25) is 0 Å². The summed E-state index contributed by atoms with van der Waals surface area (Å²) in [5, 5.41) is 7.11. The Morgan fingerprint density at radius 1 is 0.946 bits per heavy atom. The van der Waals surface area contributed by atoms with Crippen LogP contribution < -0.4 is 21.3 Å². The van der Waals surface area contributed by atoms with Gasteiger partial charge in [0.05, 0.1) is 18.2 Å². The third-order valence-electron chi connectivity index (χ3n) is 8.40. The molecule has 0 bridgehead atoms. The molecule has 2 aliphatic carbocycles. The Bertz CT molecular complexity index is 1170. The molecule has 1 saturated heterocycles. The number of hydrogen-bond donors (Lipinski definition) is 3. The topological polar surface area (TPSA) is 113 Å². The van der Waals surface area contributed by atoms with Crippen molar-refractivity contribution in [3.05, 3.63) is 24.7 Å². The smallest absolute Gasteiger partial charge is 0.227 e. The van der Waals surface area contributed by atoms with Crippen LogP contribution in [0.4, 0.5) is 23.3 Å². The fraction of sp³-hybridized carbons (Fsp3) is 0.630. The zero-order chi connectivity index (χ0) is 25.2. The van der Waals surface area contributed by atoms with Gasteiger partial charge in [-0.25, -0.2) is 9.97 Å². The van der Waals surface area contributed by atoms with Gasteiger partial charge in [-0.05, 0) is 57.2 Å². The summed E-state index contributed by atoms with van der Waals surface area (Å²) in [6.45, 7) is 7.53. The fourth-order valence-electron chi connectivity index (χ4n) is 6.04. The number of likely N-dealkylation sites (N-methyl/N-ethyl adjacent to an activating group) is 1. The molecule has 6 rings (SSSR count). The van der Waals surface area contributed by atoms with Gasteiger partial charge >= 0.3 is 0 Å². The number of nitrogens with two attached hydrogens (primary N) is 1. The van der Waals surface area contributed by atoms with Gasteiger partial charge in [-0.1, -0.05) is 19.8 Å². The summed E-state index contributed by atoms with van der Waals surface area (Å²) in [5.41, 5.74) is 8.74. The minimum Gasteiger partial charge on any atom is -0.354 e. The minimum absolute atomic E-state index is 0.313. The summed E-state index contributed by atoms with van der Waals surface area (Å²) in [4.78, 5) is 24.2. The molecule has 3 fully saturated rings. The molecule has 0 amide bonds. The molecular formula is C27H40N10. The van der Waals surface area contributed by atoms with E-state index in [2.05, 4.69) is 44.1 Å². The zero-order valence-electron chi connectivity index (χ0n) is 21.9. The van der Waals surface area contributed by atoms with E-state index in [9.17, 15) is 0 Å². The van der Waals surface area contributed by atoms with Gasteiger partial charge in [0.15, 0.2) is 17.0 Å². The number of imidazole rings is 1. The molecule has 0 aromatic carbocycles. The summed E-state index contributed by atoms with van der Waals surface area (Å²) >= 11 is 0. The Morgan fingerprint density at radius 2 is 1.73 bits per heavy atom. The highest BCUT2D eigenvalue weighted by Gasteiger charge is 2.24. The fourth-order valence-corrected chi connectivity index (χ4v) is 6.04. The Kier molecular flexibility index (Phi) is 7.10.